The van der Waals surface area contributed by atoms with Crippen LogP contribution in [0.2, 0.25) is 0 Å². The van der Waals surface area contributed by atoms with E-state index in [0.717, 1.165) is 11.3 Å². The van der Waals surface area contributed by atoms with Crippen LogP contribution in [0.1, 0.15) is 12.5 Å². The molecule has 0 heterocycles. The van der Waals surface area contributed by atoms with Crippen molar-refractivity contribution in [2.75, 3.05) is 13.7 Å². The third-order valence-electron chi connectivity index (χ3n) is 1.84. The Balaban J connectivity index is 2.62. The lowest BCUT2D eigenvalue weighted by atomic mass is 10.2. The standard InChI is InChI=1S/C11H13NO3S/c1-3-15-11(13)12-10(16)8-4-6-9(14-2)7-5-8/h4-7H,3H2,1-2H3,(H,12,13,16). The number of hydrogen-bond acceptors (Lipinski definition) is 4. The third kappa shape index (κ3) is 3.51. The van der Waals surface area contributed by atoms with Gasteiger partial charge in [0.25, 0.3) is 0 Å². The lowest BCUT2D eigenvalue weighted by molar-refractivity contribution is 0.158. The van der Waals surface area contributed by atoms with Gasteiger partial charge in [0.15, 0.2) is 0 Å². The fourth-order valence-corrected chi connectivity index (χ4v) is 1.29. The van der Waals surface area contributed by atoms with E-state index in [9.17, 15) is 4.79 Å². The van der Waals surface area contributed by atoms with Crippen molar-refractivity contribution in [3.63, 3.8) is 0 Å². The first-order valence-electron chi connectivity index (χ1n) is 4.79. The van der Waals surface area contributed by atoms with E-state index in [2.05, 4.69) is 5.32 Å². The second-order valence-electron chi connectivity index (χ2n) is 2.90. The molecular weight excluding hydrogens is 226 g/mol. The zero-order valence-electron chi connectivity index (χ0n) is 9.15. The van der Waals surface area contributed by atoms with Crippen LogP contribution in [0.15, 0.2) is 24.3 Å². The number of hydrogen-bond donors (Lipinski definition) is 1. The molecule has 5 heteroatoms. The monoisotopic (exact) mass is 239 g/mol. The van der Waals surface area contributed by atoms with Gasteiger partial charge in [-0.2, -0.15) is 0 Å². The van der Waals surface area contributed by atoms with Crippen molar-refractivity contribution in [3.8, 4) is 5.75 Å². The van der Waals surface area contributed by atoms with Gasteiger partial charge in [-0.05, 0) is 31.2 Å². The van der Waals surface area contributed by atoms with Crippen molar-refractivity contribution < 1.29 is 14.3 Å². The summed E-state index contributed by atoms with van der Waals surface area (Å²) in [5.74, 6) is 0.739. The maximum Gasteiger partial charge on any atom is 0.412 e. The summed E-state index contributed by atoms with van der Waals surface area (Å²) in [5, 5.41) is 2.46. The molecule has 0 atom stereocenters. The van der Waals surface area contributed by atoms with Gasteiger partial charge in [-0.15, -0.1) is 0 Å². The number of amides is 1. The summed E-state index contributed by atoms with van der Waals surface area (Å²) in [4.78, 5) is 11.4. The number of benzene rings is 1. The number of ether oxygens (including phenoxy) is 2. The summed E-state index contributed by atoms with van der Waals surface area (Å²) in [6, 6.07) is 7.09. The molecule has 0 radical (unpaired) electrons. The van der Waals surface area contributed by atoms with Crippen LogP contribution in [-0.2, 0) is 4.74 Å². The molecule has 0 unspecified atom stereocenters. The molecule has 1 rings (SSSR count). The molecule has 1 amide bonds. The zero-order valence-corrected chi connectivity index (χ0v) is 9.97. The van der Waals surface area contributed by atoms with Crippen LogP contribution in [0.4, 0.5) is 4.79 Å². The maximum absolute atomic E-state index is 11.1. The van der Waals surface area contributed by atoms with E-state index in [1.807, 2.05) is 0 Å². The second-order valence-corrected chi connectivity index (χ2v) is 3.31. The van der Waals surface area contributed by atoms with E-state index in [1.54, 1.807) is 38.3 Å². The van der Waals surface area contributed by atoms with Gasteiger partial charge in [-0.1, -0.05) is 12.2 Å². The van der Waals surface area contributed by atoms with Gasteiger partial charge in [0.2, 0.25) is 0 Å². The molecule has 0 aliphatic heterocycles. The van der Waals surface area contributed by atoms with Crippen molar-refractivity contribution in [1.82, 2.24) is 5.32 Å². The molecule has 0 aliphatic rings. The summed E-state index contributed by atoms with van der Waals surface area (Å²) in [5.41, 5.74) is 0.740. The molecule has 16 heavy (non-hydrogen) atoms. The molecule has 1 aromatic carbocycles. The first kappa shape index (κ1) is 12.4. The zero-order chi connectivity index (χ0) is 12.0. The first-order valence-corrected chi connectivity index (χ1v) is 5.20. The molecule has 0 saturated heterocycles. The van der Waals surface area contributed by atoms with Crippen LogP contribution >= 0.6 is 12.2 Å². The molecule has 0 aliphatic carbocycles. The first-order chi connectivity index (χ1) is 7.67. The number of thiocarbonyl (C=S) groups is 1. The highest BCUT2D eigenvalue weighted by molar-refractivity contribution is 7.80. The molecule has 1 N–H and O–H groups in total. The van der Waals surface area contributed by atoms with Crippen molar-refractivity contribution in [1.29, 1.82) is 0 Å². The van der Waals surface area contributed by atoms with E-state index in [4.69, 9.17) is 21.7 Å². The minimum Gasteiger partial charge on any atom is -0.497 e. The van der Waals surface area contributed by atoms with Crippen molar-refractivity contribution in [2.24, 2.45) is 0 Å². The van der Waals surface area contributed by atoms with E-state index in [0.29, 0.717) is 11.6 Å². The van der Waals surface area contributed by atoms with Gasteiger partial charge in [0.1, 0.15) is 10.7 Å². The van der Waals surface area contributed by atoms with E-state index >= 15 is 0 Å². The van der Waals surface area contributed by atoms with Gasteiger partial charge >= 0.3 is 6.09 Å². The quantitative estimate of drug-likeness (QED) is 0.821. The van der Waals surface area contributed by atoms with Crippen molar-refractivity contribution in [3.05, 3.63) is 29.8 Å². The average Bonchev–Trinajstić information content (AvgIpc) is 2.29. The van der Waals surface area contributed by atoms with Crippen LogP contribution in [0.5, 0.6) is 5.75 Å². The molecule has 4 nitrogen and oxygen atoms in total. The highest BCUT2D eigenvalue weighted by Gasteiger charge is 2.06. The number of carbonyl (C=O) groups excluding carboxylic acids is 1. The molecule has 0 bridgehead atoms. The predicted octanol–water partition coefficient (Wildman–Crippen LogP) is 2.12. The molecular formula is C11H13NO3S. The maximum atomic E-state index is 11.1. The second kappa shape index (κ2) is 6.07. The van der Waals surface area contributed by atoms with Crippen LogP contribution in [0, 0.1) is 0 Å². The molecule has 86 valence electrons. The highest BCUT2D eigenvalue weighted by Crippen LogP contribution is 2.11. The number of methoxy groups -OCH3 is 1. The lowest BCUT2D eigenvalue weighted by Crippen LogP contribution is -2.30. The number of carbonyl (C=O) groups is 1. The Morgan fingerprint density at radius 3 is 2.50 bits per heavy atom. The Labute approximate surface area is 99.6 Å². The van der Waals surface area contributed by atoms with Gasteiger partial charge in [0, 0.05) is 5.56 Å². The van der Waals surface area contributed by atoms with Crippen molar-refractivity contribution >= 4 is 23.3 Å². The lowest BCUT2D eigenvalue weighted by Gasteiger charge is -2.07. The Bertz CT molecular complexity index is 375. The number of rotatable bonds is 3. The average molecular weight is 239 g/mol. The summed E-state index contributed by atoms with van der Waals surface area (Å²) in [6.07, 6.45) is -0.539. The summed E-state index contributed by atoms with van der Waals surface area (Å²) >= 11 is 5.04. The van der Waals surface area contributed by atoms with Crippen LogP contribution in [0.3, 0.4) is 0 Å². The summed E-state index contributed by atoms with van der Waals surface area (Å²) in [7, 11) is 1.59. The summed E-state index contributed by atoms with van der Waals surface area (Å²) in [6.45, 7) is 2.05. The Morgan fingerprint density at radius 1 is 1.38 bits per heavy atom. The van der Waals surface area contributed by atoms with Gasteiger partial charge < -0.3 is 9.47 Å². The molecule has 0 fully saturated rings. The fourth-order valence-electron chi connectivity index (χ4n) is 1.07. The minimum atomic E-state index is -0.539. The fraction of sp³-hybridized carbons (Fsp3) is 0.273. The topological polar surface area (TPSA) is 47.6 Å². The van der Waals surface area contributed by atoms with Gasteiger partial charge in [-0.3, -0.25) is 5.32 Å². The highest BCUT2D eigenvalue weighted by atomic mass is 32.1. The van der Waals surface area contributed by atoms with Crippen molar-refractivity contribution in [2.45, 2.75) is 6.92 Å². The van der Waals surface area contributed by atoms with E-state index in [-0.39, 0.29) is 0 Å². The van der Waals surface area contributed by atoms with Gasteiger partial charge in [-0.25, -0.2) is 4.79 Å². The summed E-state index contributed by atoms with van der Waals surface area (Å²) < 4.78 is 9.73. The van der Waals surface area contributed by atoms with Crippen LogP contribution < -0.4 is 10.1 Å². The van der Waals surface area contributed by atoms with E-state index in [1.165, 1.54) is 0 Å². The number of nitrogens with one attached hydrogen (secondary N) is 1. The smallest absolute Gasteiger partial charge is 0.412 e. The van der Waals surface area contributed by atoms with Crippen LogP contribution in [0.25, 0.3) is 0 Å². The predicted molar refractivity (Wildman–Crippen MR) is 64.9 cm³/mol. The molecule has 1 aromatic rings. The Kier molecular flexibility index (Phi) is 4.72. The number of alkyl carbamates (subject to hydrolysis) is 1. The molecule has 0 saturated carbocycles. The normalized spacial score (nSPS) is 9.38. The largest absolute Gasteiger partial charge is 0.497 e. The minimum absolute atomic E-state index is 0.317. The van der Waals surface area contributed by atoms with Gasteiger partial charge in [0.05, 0.1) is 13.7 Å². The SMILES string of the molecule is CCOC(=O)NC(=S)c1ccc(OC)cc1. The Hall–Kier alpha value is -1.62. The molecule has 0 spiro atoms. The molecule has 0 aromatic heterocycles. The third-order valence-corrected chi connectivity index (χ3v) is 2.18. The van der Waals surface area contributed by atoms with Crippen LogP contribution in [-0.4, -0.2) is 24.8 Å². The Morgan fingerprint density at radius 2 is 2.00 bits per heavy atom. The van der Waals surface area contributed by atoms with E-state index < -0.39 is 6.09 Å².